The molecule has 0 bridgehead atoms. The number of nitriles is 1. The minimum absolute atomic E-state index is 0.402. The molecule has 0 radical (unpaired) electrons. The van der Waals surface area contributed by atoms with E-state index in [9.17, 15) is 0 Å². The summed E-state index contributed by atoms with van der Waals surface area (Å²) < 4.78 is 1.02. The topological polar surface area (TPSA) is 48.7 Å². The number of aryl methyl sites for hydroxylation is 1. The van der Waals surface area contributed by atoms with Crippen molar-refractivity contribution in [3.63, 3.8) is 0 Å². The van der Waals surface area contributed by atoms with Gasteiger partial charge in [0.15, 0.2) is 0 Å². The highest BCUT2D eigenvalue weighted by molar-refractivity contribution is 9.10. The Labute approximate surface area is 108 Å². The molecule has 4 heteroatoms. The molecule has 0 aliphatic rings. The summed E-state index contributed by atoms with van der Waals surface area (Å²) in [5.41, 5.74) is 3.38. The highest BCUT2D eigenvalue weighted by Gasteiger charge is 2.03. The molecule has 1 aromatic heterocycles. The Morgan fingerprint density at radius 2 is 2.18 bits per heavy atom. The average Bonchev–Trinajstić information content (AvgIpc) is 2.35. The molecular formula is C13H10BrN3. The Bertz CT molecular complexity index is 587. The molecule has 1 aromatic carbocycles. The zero-order valence-electron chi connectivity index (χ0n) is 9.24. The van der Waals surface area contributed by atoms with E-state index < -0.39 is 0 Å². The molecule has 0 saturated carbocycles. The number of pyridine rings is 1. The van der Waals surface area contributed by atoms with Crippen LogP contribution in [0.25, 0.3) is 0 Å². The van der Waals surface area contributed by atoms with E-state index in [0.29, 0.717) is 5.69 Å². The average molecular weight is 288 g/mol. The monoisotopic (exact) mass is 287 g/mol. The molecule has 17 heavy (non-hydrogen) atoms. The fraction of sp³-hybridized carbons (Fsp3) is 0.0769. The van der Waals surface area contributed by atoms with Gasteiger partial charge in [0.1, 0.15) is 11.8 Å². The molecule has 0 unspecified atom stereocenters. The molecule has 1 N–H and O–H groups in total. The van der Waals surface area contributed by atoms with Crippen LogP contribution in [0.3, 0.4) is 0 Å². The summed E-state index contributed by atoms with van der Waals surface area (Å²) in [6.07, 6.45) is 1.62. The van der Waals surface area contributed by atoms with Crippen LogP contribution in [0.2, 0.25) is 0 Å². The first-order valence-electron chi connectivity index (χ1n) is 5.09. The highest BCUT2D eigenvalue weighted by Crippen LogP contribution is 2.28. The van der Waals surface area contributed by atoms with Gasteiger partial charge in [-0.25, -0.2) is 4.98 Å². The number of hydrogen-bond acceptors (Lipinski definition) is 3. The van der Waals surface area contributed by atoms with Gasteiger partial charge in [-0.05, 0) is 46.6 Å². The fourth-order valence-electron chi connectivity index (χ4n) is 1.47. The SMILES string of the molecule is Cc1cccc(Nc2ccnc(C#N)c2)c1Br. The van der Waals surface area contributed by atoms with Gasteiger partial charge in [-0.15, -0.1) is 0 Å². The number of rotatable bonds is 2. The van der Waals surface area contributed by atoms with Crippen LogP contribution in [-0.4, -0.2) is 4.98 Å². The van der Waals surface area contributed by atoms with Gasteiger partial charge in [0.05, 0.1) is 5.69 Å². The molecule has 3 nitrogen and oxygen atoms in total. The van der Waals surface area contributed by atoms with E-state index in [0.717, 1.165) is 21.4 Å². The lowest BCUT2D eigenvalue weighted by Crippen LogP contribution is -1.94. The van der Waals surface area contributed by atoms with Crippen molar-refractivity contribution in [3.8, 4) is 6.07 Å². The van der Waals surface area contributed by atoms with Crippen LogP contribution in [0.15, 0.2) is 41.0 Å². The van der Waals surface area contributed by atoms with Crippen LogP contribution in [0, 0.1) is 18.3 Å². The van der Waals surface area contributed by atoms with Crippen molar-refractivity contribution in [1.29, 1.82) is 5.26 Å². The maximum Gasteiger partial charge on any atom is 0.142 e. The molecule has 0 atom stereocenters. The summed E-state index contributed by atoms with van der Waals surface area (Å²) in [5.74, 6) is 0. The van der Waals surface area contributed by atoms with E-state index in [4.69, 9.17) is 5.26 Å². The van der Waals surface area contributed by atoms with Crippen molar-refractivity contribution in [3.05, 3.63) is 52.3 Å². The smallest absolute Gasteiger partial charge is 0.142 e. The number of nitrogens with zero attached hydrogens (tertiary/aromatic N) is 2. The van der Waals surface area contributed by atoms with E-state index >= 15 is 0 Å². The van der Waals surface area contributed by atoms with Crippen molar-refractivity contribution in [2.24, 2.45) is 0 Å². The summed E-state index contributed by atoms with van der Waals surface area (Å²) in [7, 11) is 0. The molecule has 1 heterocycles. The van der Waals surface area contributed by atoms with E-state index in [1.807, 2.05) is 37.3 Å². The Kier molecular flexibility index (Phi) is 3.40. The van der Waals surface area contributed by atoms with Crippen molar-refractivity contribution in [1.82, 2.24) is 4.98 Å². The summed E-state index contributed by atoms with van der Waals surface area (Å²) in [6, 6.07) is 11.5. The Morgan fingerprint density at radius 1 is 1.35 bits per heavy atom. The van der Waals surface area contributed by atoms with Crippen molar-refractivity contribution >= 4 is 27.3 Å². The maximum atomic E-state index is 8.78. The molecule has 0 saturated heterocycles. The molecule has 2 aromatic rings. The summed E-state index contributed by atoms with van der Waals surface area (Å²) >= 11 is 3.53. The van der Waals surface area contributed by atoms with Gasteiger partial charge in [0.25, 0.3) is 0 Å². The van der Waals surface area contributed by atoms with Crippen molar-refractivity contribution in [2.75, 3.05) is 5.32 Å². The van der Waals surface area contributed by atoms with E-state index in [1.54, 1.807) is 12.3 Å². The molecule has 0 amide bonds. The second-order valence-corrected chi connectivity index (χ2v) is 4.40. The lowest BCUT2D eigenvalue weighted by atomic mass is 10.2. The van der Waals surface area contributed by atoms with Gasteiger partial charge >= 0.3 is 0 Å². The van der Waals surface area contributed by atoms with Crippen molar-refractivity contribution in [2.45, 2.75) is 6.92 Å². The second-order valence-electron chi connectivity index (χ2n) is 3.60. The molecular weight excluding hydrogens is 278 g/mol. The van der Waals surface area contributed by atoms with E-state index in [-0.39, 0.29) is 0 Å². The van der Waals surface area contributed by atoms with Gasteiger partial charge in [-0.2, -0.15) is 5.26 Å². The zero-order chi connectivity index (χ0) is 12.3. The zero-order valence-corrected chi connectivity index (χ0v) is 10.8. The summed E-state index contributed by atoms with van der Waals surface area (Å²) in [6.45, 7) is 2.03. The molecule has 2 rings (SSSR count). The molecule has 0 aliphatic heterocycles. The predicted molar refractivity (Wildman–Crippen MR) is 71.1 cm³/mol. The van der Waals surface area contributed by atoms with Crippen LogP contribution < -0.4 is 5.32 Å². The minimum Gasteiger partial charge on any atom is -0.354 e. The standard InChI is InChI=1S/C13H10BrN3/c1-9-3-2-4-12(13(9)14)17-10-5-6-16-11(7-10)8-15/h2-7H,1H3,(H,16,17). The normalized spacial score (nSPS) is 9.71. The van der Waals surface area contributed by atoms with Crippen LogP contribution in [0.5, 0.6) is 0 Å². The number of halogens is 1. The van der Waals surface area contributed by atoms with Crippen LogP contribution in [0.1, 0.15) is 11.3 Å². The summed E-state index contributed by atoms with van der Waals surface area (Å²) in [4.78, 5) is 3.93. The Morgan fingerprint density at radius 3 is 2.94 bits per heavy atom. The largest absolute Gasteiger partial charge is 0.354 e. The number of nitrogens with one attached hydrogen (secondary N) is 1. The number of hydrogen-bond donors (Lipinski definition) is 1. The highest BCUT2D eigenvalue weighted by atomic mass is 79.9. The predicted octanol–water partition coefficient (Wildman–Crippen LogP) is 3.77. The fourth-order valence-corrected chi connectivity index (χ4v) is 1.83. The van der Waals surface area contributed by atoms with Gasteiger partial charge < -0.3 is 5.32 Å². The summed E-state index contributed by atoms with van der Waals surface area (Å²) in [5, 5.41) is 12.0. The third-order valence-corrected chi connectivity index (χ3v) is 3.40. The van der Waals surface area contributed by atoms with E-state index in [1.165, 1.54) is 0 Å². The van der Waals surface area contributed by atoms with Crippen LogP contribution >= 0.6 is 15.9 Å². The van der Waals surface area contributed by atoms with Crippen LogP contribution in [-0.2, 0) is 0 Å². The lowest BCUT2D eigenvalue weighted by molar-refractivity contribution is 1.26. The van der Waals surface area contributed by atoms with Gasteiger partial charge in [0.2, 0.25) is 0 Å². The molecule has 0 fully saturated rings. The Hall–Kier alpha value is -1.86. The van der Waals surface area contributed by atoms with E-state index in [2.05, 4.69) is 26.2 Å². The molecule has 84 valence electrons. The van der Waals surface area contributed by atoms with Gasteiger partial charge in [-0.3, -0.25) is 0 Å². The van der Waals surface area contributed by atoms with Crippen LogP contribution in [0.4, 0.5) is 11.4 Å². The molecule has 0 spiro atoms. The third kappa shape index (κ3) is 2.63. The first-order valence-corrected chi connectivity index (χ1v) is 5.88. The minimum atomic E-state index is 0.402. The second kappa shape index (κ2) is 4.98. The third-order valence-electron chi connectivity index (χ3n) is 2.35. The Balaban J connectivity index is 2.32. The number of aromatic nitrogens is 1. The first-order chi connectivity index (χ1) is 8.20. The van der Waals surface area contributed by atoms with Crippen molar-refractivity contribution < 1.29 is 0 Å². The number of anilines is 2. The van der Waals surface area contributed by atoms with Gasteiger partial charge in [0, 0.05) is 16.4 Å². The van der Waals surface area contributed by atoms with Gasteiger partial charge in [-0.1, -0.05) is 12.1 Å². The molecule has 0 aliphatic carbocycles. The first kappa shape index (κ1) is 11.6. The maximum absolute atomic E-state index is 8.78. The number of benzene rings is 1. The lowest BCUT2D eigenvalue weighted by Gasteiger charge is -2.10. The quantitative estimate of drug-likeness (QED) is 0.915.